The second-order valence-corrected chi connectivity index (χ2v) is 4.73. The zero-order chi connectivity index (χ0) is 11.7. The van der Waals surface area contributed by atoms with Crippen LogP contribution in [-0.2, 0) is 6.42 Å². The number of fused-ring (bicyclic) bond motifs is 1. The van der Waals surface area contributed by atoms with E-state index in [1.807, 2.05) is 0 Å². The summed E-state index contributed by atoms with van der Waals surface area (Å²) in [4.78, 5) is 10.9. The molecule has 2 N–H and O–H groups in total. The van der Waals surface area contributed by atoms with Crippen molar-refractivity contribution < 1.29 is 0 Å². The van der Waals surface area contributed by atoms with Crippen LogP contribution in [0.2, 0.25) is 0 Å². The van der Waals surface area contributed by atoms with Gasteiger partial charge < -0.3 is 5.32 Å². The van der Waals surface area contributed by atoms with Crippen molar-refractivity contribution in [3.63, 3.8) is 0 Å². The molecule has 0 saturated carbocycles. The van der Waals surface area contributed by atoms with E-state index in [1.165, 1.54) is 4.88 Å². The average Bonchev–Trinajstić information content (AvgIpc) is 2.97. The van der Waals surface area contributed by atoms with Crippen molar-refractivity contribution in [3.8, 4) is 0 Å². The second kappa shape index (κ2) is 4.14. The van der Waals surface area contributed by atoms with E-state index < -0.39 is 0 Å². The zero-order valence-corrected chi connectivity index (χ0v) is 10.1. The lowest BCUT2D eigenvalue weighted by Crippen LogP contribution is -1.92. The highest BCUT2D eigenvalue weighted by molar-refractivity contribution is 7.18. The monoisotopic (exact) mass is 245 g/mol. The number of aromatic nitrogens is 4. The number of H-pyrrole nitrogens is 1. The van der Waals surface area contributed by atoms with Gasteiger partial charge in [-0.3, -0.25) is 5.10 Å². The first kappa shape index (κ1) is 10.2. The van der Waals surface area contributed by atoms with Gasteiger partial charge in [-0.1, -0.05) is 6.92 Å². The predicted octanol–water partition coefficient (Wildman–Crippen LogP) is 2.72. The van der Waals surface area contributed by atoms with Gasteiger partial charge in [0.25, 0.3) is 0 Å². The summed E-state index contributed by atoms with van der Waals surface area (Å²) in [6, 6.07) is 2.14. The molecule has 0 aliphatic heterocycles. The van der Waals surface area contributed by atoms with Crippen LogP contribution in [0.5, 0.6) is 0 Å². The minimum absolute atomic E-state index is 0.826. The molecule has 0 radical (unpaired) electrons. The summed E-state index contributed by atoms with van der Waals surface area (Å²) < 4.78 is 0. The number of anilines is 2. The Morgan fingerprint density at radius 3 is 3.12 bits per heavy atom. The first-order chi connectivity index (χ1) is 8.36. The fraction of sp³-hybridized carbons (Fsp3) is 0.182. The van der Waals surface area contributed by atoms with Gasteiger partial charge in [0.05, 0.1) is 17.3 Å². The summed E-state index contributed by atoms with van der Waals surface area (Å²) in [7, 11) is 0. The smallest absolute Gasteiger partial charge is 0.142 e. The van der Waals surface area contributed by atoms with Gasteiger partial charge in [-0.05, 0) is 12.5 Å². The standard InChI is InChI=1S/C11H11N5S/c1-2-8-3-9-10(12-6-13-11(9)17-8)16-7-4-14-15-5-7/h3-6H,2H2,1H3,(H,14,15)(H,12,13,16). The largest absolute Gasteiger partial charge is 0.337 e. The minimum atomic E-state index is 0.826. The summed E-state index contributed by atoms with van der Waals surface area (Å²) >= 11 is 1.71. The van der Waals surface area contributed by atoms with Gasteiger partial charge in [-0.2, -0.15) is 5.10 Å². The lowest BCUT2D eigenvalue weighted by atomic mass is 10.3. The Labute approximate surface area is 102 Å². The fourth-order valence-electron chi connectivity index (χ4n) is 1.64. The molecule has 0 aliphatic carbocycles. The van der Waals surface area contributed by atoms with E-state index in [4.69, 9.17) is 0 Å². The van der Waals surface area contributed by atoms with E-state index >= 15 is 0 Å². The molecule has 86 valence electrons. The maximum atomic E-state index is 4.28. The summed E-state index contributed by atoms with van der Waals surface area (Å²) in [5, 5.41) is 10.9. The number of nitrogens with one attached hydrogen (secondary N) is 2. The van der Waals surface area contributed by atoms with Crippen LogP contribution in [0.15, 0.2) is 24.8 Å². The molecule has 3 aromatic heterocycles. The summed E-state index contributed by atoms with van der Waals surface area (Å²) in [6.45, 7) is 2.14. The quantitative estimate of drug-likeness (QED) is 0.744. The molecule has 3 aromatic rings. The van der Waals surface area contributed by atoms with Crippen molar-refractivity contribution in [1.29, 1.82) is 0 Å². The normalized spacial score (nSPS) is 10.9. The van der Waals surface area contributed by atoms with Crippen molar-refractivity contribution in [2.75, 3.05) is 5.32 Å². The predicted molar refractivity (Wildman–Crippen MR) is 68.7 cm³/mol. The molecule has 17 heavy (non-hydrogen) atoms. The Kier molecular flexibility index (Phi) is 2.49. The highest BCUT2D eigenvalue weighted by Gasteiger charge is 2.08. The second-order valence-electron chi connectivity index (χ2n) is 3.62. The van der Waals surface area contributed by atoms with Crippen LogP contribution < -0.4 is 5.32 Å². The van der Waals surface area contributed by atoms with E-state index in [1.54, 1.807) is 30.1 Å². The molecule has 3 rings (SSSR count). The molecule has 0 spiro atoms. The Morgan fingerprint density at radius 1 is 1.41 bits per heavy atom. The molecule has 0 fully saturated rings. The maximum absolute atomic E-state index is 4.28. The number of nitrogens with zero attached hydrogens (tertiary/aromatic N) is 3. The SMILES string of the molecule is CCc1cc2c(Nc3cn[nH]c3)ncnc2s1. The van der Waals surface area contributed by atoms with Crippen LogP contribution in [-0.4, -0.2) is 20.2 Å². The molecule has 0 unspecified atom stereocenters. The van der Waals surface area contributed by atoms with Crippen LogP contribution in [0.4, 0.5) is 11.5 Å². The number of thiophene rings is 1. The Bertz CT molecular complexity index is 628. The Morgan fingerprint density at radius 2 is 2.35 bits per heavy atom. The van der Waals surface area contributed by atoms with Crippen LogP contribution in [0.1, 0.15) is 11.8 Å². The van der Waals surface area contributed by atoms with Crippen molar-refractivity contribution >= 4 is 33.1 Å². The molecular formula is C11H11N5S. The van der Waals surface area contributed by atoms with Crippen molar-refractivity contribution in [3.05, 3.63) is 29.7 Å². The van der Waals surface area contributed by atoms with Gasteiger partial charge >= 0.3 is 0 Å². The van der Waals surface area contributed by atoms with Gasteiger partial charge in [-0.15, -0.1) is 11.3 Å². The molecule has 0 aromatic carbocycles. The van der Waals surface area contributed by atoms with Crippen LogP contribution in [0, 0.1) is 0 Å². The fourth-order valence-corrected chi connectivity index (χ4v) is 2.57. The first-order valence-electron chi connectivity index (χ1n) is 5.36. The molecular weight excluding hydrogens is 234 g/mol. The first-order valence-corrected chi connectivity index (χ1v) is 6.17. The van der Waals surface area contributed by atoms with Crippen molar-refractivity contribution in [2.45, 2.75) is 13.3 Å². The Hall–Kier alpha value is -1.95. The molecule has 0 saturated heterocycles. The zero-order valence-electron chi connectivity index (χ0n) is 9.27. The third-order valence-corrected chi connectivity index (χ3v) is 3.68. The van der Waals surface area contributed by atoms with Gasteiger partial charge in [0.1, 0.15) is 17.0 Å². The molecule has 3 heterocycles. The topological polar surface area (TPSA) is 66.5 Å². The van der Waals surface area contributed by atoms with E-state index in [0.29, 0.717) is 0 Å². The number of aryl methyl sites for hydroxylation is 1. The minimum Gasteiger partial charge on any atom is -0.337 e. The van der Waals surface area contributed by atoms with Gasteiger partial charge in [0.15, 0.2) is 0 Å². The lowest BCUT2D eigenvalue weighted by molar-refractivity contribution is 1.09. The molecule has 0 atom stereocenters. The highest BCUT2D eigenvalue weighted by atomic mass is 32.1. The van der Waals surface area contributed by atoms with Crippen LogP contribution >= 0.6 is 11.3 Å². The molecule has 0 amide bonds. The maximum Gasteiger partial charge on any atom is 0.142 e. The van der Waals surface area contributed by atoms with Crippen LogP contribution in [0.3, 0.4) is 0 Å². The van der Waals surface area contributed by atoms with E-state index in [0.717, 1.165) is 28.1 Å². The van der Waals surface area contributed by atoms with E-state index in [9.17, 15) is 0 Å². The van der Waals surface area contributed by atoms with Crippen molar-refractivity contribution in [1.82, 2.24) is 20.2 Å². The Balaban J connectivity index is 2.06. The third kappa shape index (κ3) is 1.87. The van der Waals surface area contributed by atoms with Gasteiger partial charge in [0, 0.05) is 11.1 Å². The number of aromatic amines is 1. The molecule has 0 aliphatic rings. The van der Waals surface area contributed by atoms with E-state index in [2.05, 4.69) is 38.5 Å². The number of hydrogen-bond acceptors (Lipinski definition) is 5. The number of hydrogen-bond donors (Lipinski definition) is 2. The van der Waals surface area contributed by atoms with E-state index in [-0.39, 0.29) is 0 Å². The lowest BCUT2D eigenvalue weighted by Gasteiger charge is -2.02. The van der Waals surface area contributed by atoms with Crippen molar-refractivity contribution in [2.24, 2.45) is 0 Å². The molecule has 0 bridgehead atoms. The molecule has 5 nitrogen and oxygen atoms in total. The van der Waals surface area contributed by atoms with Gasteiger partial charge in [0.2, 0.25) is 0 Å². The highest BCUT2D eigenvalue weighted by Crippen LogP contribution is 2.29. The summed E-state index contributed by atoms with van der Waals surface area (Å²) in [5.41, 5.74) is 0.897. The van der Waals surface area contributed by atoms with Crippen LogP contribution in [0.25, 0.3) is 10.2 Å². The number of rotatable bonds is 3. The molecule has 6 heteroatoms. The third-order valence-electron chi connectivity index (χ3n) is 2.49. The average molecular weight is 245 g/mol. The van der Waals surface area contributed by atoms with Gasteiger partial charge in [-0.25, -0.2) is 9.97 Å². The summed E-state index contributed by atoms with van der Waals surface area (Å²) in [5.74, 6) is 0.826. The summed E-state index contributed by atoms with van der Waals surface area (Å²) in [6.07, 6.45) is 6.12.